The minimum atomic E-state index is -1.62. The summed E-state index contributed by atoms with van der Waals surface area (Å²) in [5.74, 6) is -2.11. The number of halogens is 2. The van der Waals surface area contributed by atoms with Gasteiger partial charge in [0.1, 0.15) is 4.99 Å². The molecule has 10 heteroatoms. The number of benzene rings is 2. The lowest BCUT2D eigenvalue weighted by molar-refractivity contribution is -0.153. The molecule has 0 spiro atoms. The monoisotopic (exact) mass is 654 g/mol. The zero-order valence-corrected chi connectivity index (χ0v) is 27.8. The Morgan fingerprint density at radius 3 is 1.57 bits per heavy atom. The first-order valence-electron chi connectivity index (χ1n) is 16.4. The van der Waals surface area contributed by atoms with Crippen LogP contribution in [0.1, 0.15) is 76.6 Å². The Hall–Kier alpha value is -3.40. The van der Waals surface area contributed by atoms with E-state index >= 15 is 0 Å². The Morgan fingerprint density at radius 2 is 1.15 bits per heavy atom. The number of carbonyl (C=O) groups excluding carboxylic acids is 3. The Morgan fingerprint density at radius 1 is 0.761 bits per heavy atom. The van der Waals surface area contributed by atoms with Crippen LogP contribution in [-0.4, -0.2) is 71.3 Å². The third-order valence-electron chi connectivity index (χ3n) is 10.4. The lowest BCUT2D eigenvalue weighted by atomic mass is 9.87. The van der Waals surface area contributed by atoms with Gasteiger partial charge < -0.3 is 19.3 Å². The molecule has 6 rings (SSSR count). The molecule has 0 unspecified atom stereocenters. The fourth-order valence-corrected chi connectivity index (χ4v) is 7.55. The number of esters is 2. The van der Waals surface area contributed by atoms with E-state index < -0.39 is 35.0 Å². The molecule has 0 bridgehead atoms. The molecule has 6 atom stereocenters. The molecule has 2 aromatic rings. The zero-order chi connectivity index (χ0) is 33.2. The number of hydrogen-bond acceptors (Lipinski definition) is 6. The third kappa shape index (κ3) is 6.29. The van der Waals surface area contributed by atoms with Crippen LogP contribution in [0.3, 0.4) is 0 Å². The predicted molar refractivity (Wildman–Crippen MR) is 174 cm³/mol. The highest BCUT2D eigenvalue weighted by Gasteiger charge is 2.64. The quantitative estimate of drug-likeness (QED) is 0.212. The Bertz CT molecular complexity index is 1310. The molecule has 0 radical (unpaired) electrons. The van der Waals surface area contributed by atoms with E-state index in [1.807, 2.05) is 79.4 Å². The average Bonchev–Trinajstić information content (AvgIpc) is 4.00. The molecule has 2 aromatic carbocycles. The summed E-state index contributed by atoms with van der Waals surface area (Å²) in [6.07, 6.45) is -0.244. The fraction of sp³-hybridized carbons (Fsp3) is 0.556. The summed E-state index contributed by atoms with van der Waals surface area (Å²) in [6.45, 7) is 8.81. The van der Waals surface area contributed by atoms with Gasteiger partial charge in [0, 0.05) is 24.9 Å². The van der Waals surface area contributed by atoms with Crippen LogP contribution >= 0.6 is 12.2 Å². The maximum Gasteiger partial charge on any atom is 0.312 e. The molecule has 0 aromatic heterocycles. The molecule has 2 saturated heterocycles. The Balaban J connectivity index is 0.000000181. The molecule has 1 amide bonds. The van der Waals surface area contributed by atoms with E-state index in [-0.39, 0.29) is 43.1 Å². The van der Waals surface area contributed by atoms with Crippen molar-refractivity contribution in [2.24, 2.45) is 22.7 Å². The van der Waals surface area contributed by atoms with Gasteiger partial charge >= 0.3 is 11.9 Å². The molecule has 46 heavy (non-hydrogen) atoms. The van der Waals surface area contributed by atoms with Crippen LogP contribution in [0.5, 0.6) is 0 Å². The van der Waals surface area contributed by atoms with Gasteiger partial charge in [0.05, 0.1) is 36.1 Å². The molecule has 2 heterocycles. The number of thiocarbonyl (C=S) groups is 1. The summed E-state index contributed by atoms with van der Waals surface area (Å²) >= 11 is 5.36. The lowest BCUT2D eigenvalue weighted by Gasteiger charge is -2.27. The highest BCUT2D eigenvalue weighted by atomic mass is 32.1. The molecule has 0 N–H and O–H groups in total. The van der Waals surface area contributed by atoms with Gasteiger partial charge in [0.15, 0.2) is 12.3 Å². The van der Waals surface area contributed by atoms with Gasteiger partial charge in [-0.1, -0.05) is 72.9 Å². The normalized spacial score (nSPS) is 26.9. The van der Waals surface area contributed by atoms with Crippen LogP contribution in [0.4, 0.5) is 8.78 Å². The second-order valence-electron chi connectivity index (χ2n) is 12.9. The van der Waals surface area contributed by atoms with Crippen molar-refractivity contribution in [3.05, 3.63) is 71.8 Å². The summed E-state index contributed by atoms with van der Waals surface area (Å²) in [7, 11) is 0. The van der Waals surface area contributed by atoms with Gasteiger partial charge in [0.25, 0.3) is 5.91 Å². The molecule has 7 nitrogen and oxygen atoms in total. The number of nitrogens with zero attached hydrogens (tertiary/aromatic N) is 2. The average molecular weight is 655 g/mol. The van der Waals surface area contributed by atoms with Gasteiger partial charge in [-0.15, -0.1) is 0 Å². The number of hydrogen-bond donors (Lipinski definition) is 0. The Labute approximate surface area is 275 Å². The fourth-order valence-electron chi connectivity index (χ4n) is 7.15. The van der Waals surface area contributed by atoms with Crippen molar-refractivity contribution in [1.29, 1.82) is 0 Å². The van der Waals surface area contributed by atoms with Crippen LogP contribution in [-0.2, 0) is 23.9 Å². The van der Waals surface area contributed by atoms with E-state index in [1.54, 1.807) is 18.7 Å². The summed E-state index contributed by atoms with van der Waals surface area (Å²) in [6, 6.07) is 19.3. The highest BCUT2D eigenvalue weighted by Crippen LogP contribution is 2.58. The van der Waals surface area contributed by atoms with E-state index in [0.717, 1.165) is 11.1 Å². The van der Waals surface area contributed by atoms with Crippen LogP contribution in [0.25, 0.3) is 0 Å². The largest absolute Gasteiger partial charge is 0.466 e. The Kier molecular flexibility index (Phi) is 10.2. The number of amides is 1. The van der Waals surface area contributed by atoms with E-state index in [0.29, 0.717) is 43.8 Å². The summed E-state index contributed by atoms with van der Waals surface area (Å²) < 4.78 is 39.8. The van der Waals surface area contributed by atoms with Crippen molar-refractivity contribution < 1.29 is 32.6 Å². The topological polar surface area (TPSA) is 76.1 Å². The highest BCUT2D eigenvalue weighted by molar-refractivity contribution is 7.80. The number of likely N-dealkylation sites (tertiary alicyclic amines) is 2. The molecule has 2 aliphatic heterocycles. The van der Waals surface area contributed by atoms with Gasteiger partial charge in [0.2, 0.25) is 0 Å². The van der Waals surface area contributed by atoms with E-state index in [4.69, 9.17) is 21.7 Å². The van der Waals surface area contributed by atoms with Gasteiger partial charge in [-0.3, -0.25) is 14.4 Å². The minimum absolute atomic E-state index is 0.00458. The smallest absolute Gasteiger partial charge is 0.312 e. The molecule has 2 aliphatic carbocycles. The molecular weight excluding hydrogens is 610 g/mol. The molecule has 4 fully saturated rings. The first-order valence-corrected chi connectivity index (χ1v) is 16.8. The lowest BCUT2D eigenvalue weighted by Crippen LogP contribution is -2.34. The molecule has 248 valence electrons. The van der Waals surface area contributed by atoms with Crippen LogP contribution < -0.4 is 0 Å². The van der Waals surface area contributed by atoms with Crippen molar-refractivity contribution in [2.75, 3.05) is 26.3 Å². The van der Waals surface area contributed by atoms with Gasteiger partial charge in [-0.05, 0) is 64.5 Å². The van der Waals surface area contributed by atoms with E-state index in [2.05, 4.69) is 0 Å². The molecule has 4 aliphatic rings. The van der Waals surface area contributed by atoms with E-state index in [1.165, 1.54) is 0 Å². The summed E-state index contributed by atoms with van der Waals surface area (Å²) in [5, 5.41) is 0. The van der Waals surface area contributed by atoms with Crippen molar-refractivity contribution in [3.63, 3.8) is 0 Å². The number of rotatable bonds is 10. The summed E-state index contributed by atoms with van der Waals surface area (Å²) in [5.41, 5.74) is 0.610. The summed E-state index contributed by atoms with van der Waals surface area (Å²) in [4.78, 5) is 40.7. The first kappa shape index (κ1) is 33.9. The van der Waals surface area contributed by atoms with Crippen molar-refractivity contribution in [2.45, 2.75) is 77.8 Å². The van der Waals surface area contributed by atoms with E-state index in [9.17, 15) is 23.2 Å². The van der Waals surface area contributed by atoms with Crippen LogP contribution in [0, 0.1) is 22.7 Å². The minimum Gasteiger partial charge on any atom is -0.466 e. The van der Waals surface area contributed by atoms with Gasteiger partial charge in [-0.2, -0.15) is 0 Å². The molecular formula is C36H44F2N2O5S. The zero-order valence-electron chi connectivity index (χ0n) is 27.0. The van der Waals surface area contributed by atoms with Crippen molar-refractivity contribution >= 4 is 35.1 Å². The first-order chi connectivity index (χ1) is 22.0. The SMILES string of the molecule is CCOC(=O)C1([C@H]2CN([C@@H](C)c3ccccc3)C(=O)[C@H]2F)CC1.CCOC(=O)C1([C@H]2CN([C@@H](C)c3ccccc3)C(=S)[C@H]2F)CC1. The molecule has 2 saturated carbocycles. The van der Waals surface area contributed by atoms with Crippen LogP contribution in [0.15, 0.2) is 60.7 Å². The standard InChI is InChI=1S/C18H22FNO3.C18H22FNO2S/c1-3-23-17(22)18(9-10-18)14-11-20(16(21)15(14)19)12(2)13-7-5-4-6-8-13;1-3-22-17(21)18(9-10-18)14-11-20(16(23)15(14)19)12(2)13-7-5-4-6-8-13/h2*4-8,12,14-15H,3,9-11H2,1-2H3/t2*12-,14-,15-/m00/s1. The second kappa shape index (κ2) is 13.8. The number of ether oxygens (including phenoxy) is 2. The van der Waals surface area contributed by atoms with Crippen LogP contribution in [0.2, 0.25) is 0 Å². The van der Waals surface area contributed by atoms with Gasteiger partial charge in [-0.25, -0.2) is 8.78 Å². The second-order valence-corrected chi connectivity index (χ2v) is 13.3. The predicted octanol–water partition coefficient (Wildman–Crippen LogP) is 6.58. The third-order valence-corrected chi connectivity index (χ3v) is 10.9. The maximum atomic E-state index is 14.9. The number of alkyl halides is 2. The van der Waals surface area contributed by atoms with Crippen molar-refractivity contribution in [1.82, 2.24) is 9.80 Å². The number of carbonyl (C=O) groups is 3. The van der Waals surface area contributed by atoms with Crippen molar-refractivity contribution in [3.8, 4) is 0 Å². The maximum absolute atomic E-state index is 14.9.